The van der Waals surface area contributed by atoms with E-state index in [0.717, 1.165) is 70.6 Å². The maximum atomic E-state index is 12.9. The van der Waals surface area contributed by atoms with Crippen LogP contribution in [0.15, 0.2) is 24.3 Å². The normalized spacial score (nSPS) is 15.6. The van der Waals surface area contributed by atoms with Crippen molar-refractivity contribution >= 4 is 20.3 Å². The zero-order chi connectivity index (χ0) is 38.5. The van der Waals surface area contributed by atoms with Gasteiger partial charge in [-0.15, -0.1) is 0 Å². The second-order valence-corrected chi connectivity index (χ2v) is 18.1. The van der Waals surface area contributed by atoms with Crippen molar-refractivity contribution in [2.45, 2.75) is 207 Å². The fraction of sp³-hybridized carbons (Fsp3) is 0.850. The van der Waals surface area contributed by atoms with Crippen LogP contribution in [-0.4, -0.2) is 39.5 Å². The summed E-state index contributed by atoms with van der Waals surface area (Å²) in [4.78, 5) is 25.6. The largest absolute Gasteiger partial charge is 0.462 e. The molecule has 1 atom stereocenters. The molecule has 0 radical (unpaired) electrons. The lowest BCUT2D eigenvalue weighted by Gasteiger charge is -2.23. The summed E-state index contributed by atoms with van der Waals surface area (Å²) < 4.78 is 58.6. The van der Waals surface area contributed by atoms with E-state index < -0.39 is 39.5 Å². The molecule has 0 heterocycles. The molecular formula is C40H76O5Si. The zero-order valence-corrected chi connectivity index (χ0v) is 31.7. The van der Waals surface area contributed by atoms with E-state index in [9.17, 15) is 9.59 Å². The molecule has 5 nitrogen and oxygen atoms in total. The molecule has 46 heavy (non-hydrogen) atoms. The summed E-state index contributed by atoms with van der Waals surface area (Å²) in [5.41, 5.74) is 0. The van der Waals surface area contributed by atoms with Gasteiger partial charge in [0.2, 0.25) is 0 Å². The van der Waals surface area contributed by atoms with Gasteiger partial charge in [0.1, 0.15) is 6.56 Å². The van der Waals surface area contributed by atoms with Crippen LogP contribution in [-0.2, 0) is 23.5 Å². The molecule has 0 unspecified atom stereocenters. The second-order valence-electron chi connectivity index (χ2n) is 13.7. The van der Waals surface area contributed by atoms with Crippen LogP contribution in [0.25, 0.3) is 0 Å². The monoisotopic (exact) mass is 670 g/mol. The van der Waals surface area contributed by atoms with Crippen LogP contribution in [0.1, 0.15) is 188 Å². The summed E-state index contributed by atoms with van der Waals surface area (Å²) in [6.07, 6.45) is 31.4. The minimum absolute atomic E-state index is 0.0643. The Hall–Kier alpha value is -1.40. The lowest BCUT2D eigenvalue weighted by molar-refractivity contribution is -0.161. The van der Waals surface area contributed by atoms with Gasteiger partial charge in [-0.25, -0.2) is 0 Å². The van der Waals surface area contributed by atoms with Crippen LogP contribution in [0.2, 0.25) is 19.6 Å². The first-order valence-electron chi connectivity index (χ1n) is 21.6. The van der Waals surface area contributed by atoms with Crippen LogP contribution in [0.3, 0.4) is 0 Å². The quantitative estimate of drug-likeness (QED) is 0.0295. The number of unbranched alkanes of at least 4 members (excludes halogenated alkanes) is 20. The minimum Gasteiger partial charge on any atom is -0.462 e. The Labute approximate surface area is 294 Å². The van der Waals surface area contributed by atoms with Crippen molar-refractivity contribution in [3.05, 3.63) is 24.3 Å². The molecule has 0 aliphatic heterocycles. The predicted octanol–water partition coefficient (Wildman–Crippen LogP) is 12.6. The van der Waals surface area contributed by atoms with Crippen molar-refractivity contribution in [1.29, 1.82) is 0 Å². The Morgan fingerprint density at radius 1 is 0.587 bits per heavy atom. The van der Waals surface area contributed by atoms with Crippen molar-refractivity contribution in [2.75, 3.05) is 13.1 Å². The van der Waals surface area contributed by atoms with E-state index in [1.54, 1.807) is 19.6 Å². The van der Waals surface area contributed by atoms with E-state index in [0.29, 0.717) is 12.8 Å². The average molecular weight is 670 g/mol. The molecule has 0 saturated carbocycles. The number of hydrogen-bond acceptors (Lipinski definition) is 5. The summed E-state index contributed by atoms with van der Waals surface area (Å²) in [6.45, 7) is 3.16. The Bertz CT molecular complexity index is 954. The van der Waals surface area contributed by atoms with Crippen molar-refractivity contribution in [3.8, 4) is 0 Å². The minimum atomic E-state index is -3.28. The molecule has 0 saturated heterocycles. The highest BCUT2D eigenvalue weighted by Crippen LogP contribution is 2.14. The van der Waals surface area contributed by atoms with E-state index in [4.69, 9.17) is 20.8 Å². The van der Waals surface area contributed by atoms with Crippen LogP contribution in [0.4, 0.5) is 0 Å². The zero-order valence-electron chi connectivity index (χ0n) is 35.7. The third-order valence-corrected chi connectivity index (χ3v) is 8.45. The topological polar surface area (TPSA) is 61.8 Å². The Morgan fingerprint density at radius 2 is 1.00 bits per heavy atom. The van der Waals surface area contributed by atoms with Crippen LogP contribution < -0.4 is 0 Å². The average Bonchev–Trinajstić information content (AvgIpc) is 3.03. The number of carbonyl (C=O) groups is 2. The number of rotatable bonds is 34. The number of ether oxygens (including phenoxy) is 2. The van der Waals surface area contributed by atoms with Gasteiger partial charge in [0.25, 0.3) is 0 Å². The van der Waals surface area contributed by atoms with Gasteiger partial charge in [-0.1, -0.05) is 147 Å². The molecule has 6 heteroatoms. The number of carbonyl (C=O) groups excluding carboxylic acids is 2. The number of esters is 2. The van der Waals surface area contributed by atoms with Crippen LogP contribution in [0, 0.1) is 0 Å². The Kier molecular flexibility index (Phi) is 26.1. The van der Waals surface area contributed by atoms with Gasteiger partial charge in [0, 0.05) is 12.8 Å². The number of allylic oxidation sites excluding steroid dienone is 4. The van der Waals surface area contributed by atoms with Gasteiger partial charge >= 0.3 is 11.9 Å². The van der Waals surface area contributed by atoms with Gasteiger partial charge < -0.3 is 13.9 Å². The van der Waals surface area contributed by atoms with Crippen molar-refractivity contribution in [3.63, 3.8) is 0 Å². The van der Waals surface area contributed by atoms with Crippen molar-refractivity contribution in [2.24, 2.45) is 0 Å². The molecule has 0 amide bonds. The molecular weight excluding hydrogens is 589 g/mol. The van der Waals surface area contributed by atoms with Crippen LogP contribution in [0.5, 0.6) is 0 Å². The van der Waals surface area contributed by atoms with Crippen molar-refractivity contribution in [1.82, 2.24) is 0 Å². The van der Waals surface area contributed by atoms with Crippen molar-refractivity contribution < 1.29 is 30.3 Å². The maximum absolute atomic E-state index is 12.9. The Morgan fingerprint density at radius 3 is 1.50 bits per heavy atom. The number of hydrogen-bond donors (Lipinski definition) is 0. The first-order chi connectivity index (χ1) is 24.1. The highest BCUT2D eigenvalue weighted by Gasteiger charge is 2.22. The maximum Gasteiger partial charge on any atom is 0.306 e. The van der Waals surface area contributed by atoms with E-state index in [2.05, 4.69) is 38.2 Å². The lowest BCUT2D eigenvalue weighted by atomic mass is 10.0. The van der Waals surface area contributed by atoms with Gasteiger partial charge in [0.05, 0.1) is 13.4 Å². The van der Waals surface area contributed by atoms with Crippen LogP contribution >= 0.6 is 0 Å². The molecule has 0 bridgehead atoms. The fourth-order valence-corrected chi connectivity index (χ4v) is 5.35. The smallest absolute Gasteiger partial charge is 0.306 e. The fourth-order valence-electron chi connectivity index (χ4n) is 4.95. The summed E-state index contributed by atoms with van der Waals surface area (Å²) >= 11 is 0. The lowest BCUT2D eigenvalue weighted by Crippen LogP contribution is -2.35. The van der Waals surface area contributed by atoms with E-state index >= 15 is 0 Å². The third kappa shape index (κ3) is 35.5. The second kappa shape index (κ2) is 33.5. The summed E-state index contributed by atoms with van der Waals surface area (Å²) in [7, 11) is -2.69. The summed E-state index contributed by atoms with van der Waals surface area (Å²) in [5, 5.41) is 0. The molecule has 0 aromatic carbocycles. The highest BCUT2D eigenvalue weighted by atomic mass is 28.4. The summed E-state index contributed by atoms with van der Waals surface area (Å²) in [6, 6.07) is 0. The molecule has 0 fully saturated rings. The third-order valence-electron chi connectivity index (χ3n) is 7.74. The first-order valence-corrected chi connectivity index (χ1v) is 22.5. The van der Waals surface area contributed by atoms with E-state index in [1.165, 1.54) is 70.6 Å². The SMILES string of the molecule is [2H]C([2H])(OC(=O)CCCCCCCCCCCCCCC)[C@]([2H])(OC(=O)CCCCCCC/C=C\C/C=C\CCCCC)C([2H])([2H])O[Si](C)(C)C. The highest BCUT2D eigenvalue weighted by molar-refractivity contribution is 6.69. The van der Waals surface area contributed by atoms with Gasteiger partial charge in [-0.2, -0.15) is 0 Å². The van der Waals surface area contributed by atoms with Gasteiger partial charge in [-0.05, 0) is 64.6 Å². The van der Waals surface area contributed by atoms with Gasteiger partial charge in [0.15, 0.2) is 14.4 Å². The van der Waals surface area contributed by atoms with E-state index in [1.807, 2.05) is 0 Å². The molecule has 0 aromatic rings. The molecule has 0 aromatic heterocycles. The molecule has 0 spiro atoms. The van der Waals surface area contributed by atoms with E-state index in [-0.39, 0.29) is 12.8 Å². The Balaban J connectivity index is 4.71. The molecule has 0 aliphatic carbocycles. The standard InChI is InChI=1S/C40H76O5Si/c1-6-8-10-12-14-16-18-20-21-23-25-27-29-31-33-35-40(42)45-38(37-44-46(3,4)5)36-43-39(41)34-32-30-28-26-24-22-19-17-15-13-11-9-7-2/h14,16,20-21,38H,6-13,15,17-19,22-37H2,1-5H3/b16-14-,21-20-/t38-/m0/s1/i36D2,37D2,38D. The summed E-state index contributed by atoms with van der Waals surface area (Å²) in [5.74, 6) is -1.82. The molecule has 0 N–H and O–H groups in total. The first kappa shape index (κ1) is 35.9. The predicted molar refractivity (Wildman–Crippen MR) is 200 cm³/mol. The van der Waals surface area contributed by atoms with Gasteiger partial charge in [-0.3, -0.25) is 9.59 Å². The molecule has 0 aliphatic rings. The molecule has 270 valence electrons. The molecule has 0 rings (SSSR count).